The molecule has 156 valence electrons. The lowest BCUT2D eigenvalue weighted by Crippen LogP contribution is -2.16. The van der Waals surface area contributed by atoms with E-state index in [4.69, 9.17) is 11.6 Å². The third-order valence-corrected chi connectivity index (χ3v) is 8.21. The van der Waals surface area contributed by atoms with Gasteiger partial charge >= 0.3 is 0 Å². The Morgan fingerprint density at radius 3 is 2.60 bits per heavy atom. The Morgan fingerprint density at radius 2 is 1.93 bits per heavy atom. The lowest BCUT2D eigenvalue weighted by Gasteiger charge is -2.17. The van der Waals surface area contributed by atoms with Gasteiger partial charge in [0.15, 0.2) is 0 Å². The normalized spacial score (nSPS) is 11.7. The molecule has 0 saturated carbocycles. The van der Waals surface area contributed by atoms with Gasteiger partial charge in [0, 0.05) is 16.4 Å². The summed E-state index contributed by atoms with van der Waals surface area (Å²) in [7, 11) is -3.99. The van der Waals surface area contributed by atoms with Gasteiger partial charge in [-0.05, 0) is 70.7 Å². The molecule has 0 aliphatic heterocycles. The van der Waals surface area contributed by atoms with Crippen LogP contribution in [0.4, 0.5) is 11.5 Å². The SMILES string of the molecule is C[Si](C)(C)C#Cc1ccc(-c2ccc(Nc3nc(Cl)ncc3Br)c(P(C)(C)=O)c2)s1. The van der Waals surface area contributed by atoms with E-state index in [1.807, 2.05) is 18.2 Å². The van der Waals surface area contributed by atoms with E-state index in [0.29, 0.717) is 10.3 Å². The van der Waals surface area contributed by atoms with Crippen LogP contribution in [0.3, 0.4) is 0 Å². The van der Waals surface area contributed by atoms with Gasteiger partial charge in [0.1, 0.15) is 21.0 Å². The summed E-state index contributed by atoms with van der Waals surface area (Å²) in [5.74, 6) is 3.83. The second kappa shape index (κ2) is 8.98. The quantitative estimate of drug-likeness (QED) is 0.171. The second-order valence-corrected chi connectivity index (χ2v) is 18.4. The Labute approximate surface area is 196 Å². The average Bonchev–Trinajstić information content (AvgIpc) is 3.11. The molecular weight excluding hydrogens is 517 g/mol. The smallest absolute Gasteiger partial charge is 0.224 e. The first-order valence-electron chi connectivity index (χ1n) is 9.20. The average molecular weight is 539 g/mol. The van der Waals surface area contributed by atoms with Crippen LogP contribution in [-0.2, 0) is 4.57 Å². The van der Waals surface area contributed by atoms with Crippen LogP contribution in [0.5, 0.6) is 0 Å². The molecule has 1 aromatic carbocycles. The van der Waals surface area contributed by atoms with Crippen LogP contribution < -0.4 is 10.6 Å². The summed E-state index contributed by atoms with van der Waals surface area (Å²) in [6.45, 7) is 10.2. The third kappa shape index (κ3) is 6.06. The summed E-state index contributed by atoms with van der Waals surface area (Å²) in [6.07, 6.45) is 1.58. The fourth-order valence-corrected chi connectivity index (χ4v) is 5.65. The van der Waals surface area contributed by atoms with E-state index in [2.05, 4.69) is 74.5 Å². The lowest BCUT2D eigenvalue weighted by molar-refractivity contribution is 0.588. The molecule has 0 aliphatic rings. The van der Waals surface area contributed by atoms with Crippen LogP contribution >= 0.6 is 46.0 Å². The molecule has 1 N–H and O–H groups in total. The molecule has 3 aromatic rings. The fourth-order valence-electron chi connectivity index (χ4n) is 2.61. The maximum atomic E-state index is 13.1. The van der Waals surface area contributed by atoms with Crippen LogP contribution in [-0.4, -0.2) is 31.4 Å². The summed E-state index contributed by atoms with van der Waals surface area (Å²) >= 11 is 11.0. The van der Waals surface area contributed by atoms with Crippen molar-refractivity contribution >= 4 is 70.9 Å². The van der Waals surface area contributed by atoms with Crippen LogP contribution in [0.25, 0.3) is 10.4 Å². The van der Waals surface area contributed by atoms with Crippen LogP contribution in [0.1, 0.15) is 4.88 Å². The van der Waals surface area contributed by atoms with E-state index < -0.39 is 15.2 Å². The molecule has 0 unspecified atom stereocenters. The van der Waals surface area contributed by atoms with E-state index in [9.17, 15) is 4.57 Å². The largest absolute Gasteiger partial charge is 0.339 e. The molecule has 4 nitrogen and oxygen atoms in total. The molecular formula is C21H22BrClN3OPSSi. The first kappa shape index (κ1) is 23.2. The highest BCUT2D eigenvalue weighted by Crippen LogP contribution is 2.41. The van der Waals surface area contributed by atoms with E-state index >= 15 is 0 Å². The number of rotatable bonds is 4. The van der Waals surface area contributed by atoms with Gasteiger partial charge in [0.25, 0.3) is 0 Å². The highest BCUT2D eigenvalue weighted by Gasteiger charge is 2.19. The highest BCUT2D eigenvalue weighted by atomic mass is 79.9. The van der Waals surface area contributed by atoms with E-state index in [0.717, 1.165) is 26.3 Å². The zero-order valence-electron chi connectivity index (χ0n) is 17.4. The predicted octanol–water partition coefficient (Wildman–Crippen LogP) is 6.84. The number of hydrogen-bond donors (Lipinski definition) is 1. The van der Waals surface area contributed by atoms with Gasteiger partial charge in [0.05, 0.1) is 15.0 Å². The molecule has 30 heavy (non-hydrogen) atoms. The number of hydrogen-bond acceptors (Lipinski definition) is 5. The summed E-state index contributed by atoms with van der Waals surface area (Å²) in [6, 6.07) is 10.1. The molecule has 0 atom stereocenters. The van der Waals surface area contributed by atoms with E-state index in [-0.39, 0.29) is 5.28 Å². The van der Waals surface area contributed by atoms with Crippen molar-refractivity contribution in [3.63, 3.8) is 0 Å². The summed E-state index contributed by atoms with van der Waals surface area (Å²) in [5, 5.41) is 4.13. The number of thiophene rings is 1. The molecule has 9 heteroatoms. The third-order valence-electron chi connectivity index (χ3n) is 4.00. The van der Waals surface area contributed by atoms with Gasteiger partial charge < -0.3 is 9.88 Å². The number of nitrogens with one attached hydrogen (secondary N) is 1. The number of aromatic nitrogens is 2. The minimum Gasteiger partial charge on any atom is -0.339 e. The Balaban J connectivity index is 2.00. The van der Waals surface area contributed by atoms with Crippen LogP contribution in [0.2, 0.25) is 24.9 Å². The van der Waals surface area contributed by atoms with Gasteiger partial charge in [-0.3, -0.25) is 0 Å². The minimum atomic E-state index is -2.57. The van der Waals surface area contributed by atoms with Crippen LogP contribution in [0.15, 0.2) is 41.0 Å². The van der Waals surface area contributed by atoms with Gasteiger partial charge in [-0.25, -0.2) is 4.98 Å². The van der Waals surface area contributed by atoms with Gasteiger partial charge in [0.2, 0.25) is 5.28 Å². The van der Waals surface area contributed by atoms with E-state index in [1.54, 1.807) is 30.9 Å². The predicted molar refractivity (Wildman–Crippen MR) is 137 cm³/mol. The summed E-state index contributed by atoms with van der Waals surface area (Å²) in [4.78, 5) is 10.3. The minimum absolute atomic E-state index is 0.139. The Bertz CT molecular complexity index is 1210. The maximum absolute atomic E-state index is 13.1. The molecule has 0 radical (unpaired) electrons. The number of nitrogens with zero attached hydrogens (tertiary/aromatic N) is 2. The van der Waals surface area contributed by atoms with Crippen LogP contribution in [0, 0.1) is 11.5 Å². The summed E-state index contributed by atoms with van der Waals surface area (Å²) in [5.41, 5.74) is 5.16. The van der Waals surface area contributed by atoms with Crippen molar-refractivity contribution in [3.8, 4) is 21.9 Å². The van der Waals surface area contributed by atoms with E-state index in [1.165, 1.54) is 0 Å². The van der Waals surface area contributed by atoms with Crippen molar-refractivity contribution in [1.29, 1.82) is 0 Å². The maximum Gasteiger partial charge on any atom is 0.224 e. The Hall–Kier alpha value is -1.42. The van der Waals surface area contributed by atoms with Crippen molar-refractivity contribution in [3.05, 3.63) is 51.2 Å². The summed E-state index contributed by atoms with van der Waals surface area (Å²) < 4.78 is 13.7. The lowest BCUT2D eigenvalue weighted by atomic mass is 10.1. The first-order valence-corrected chi connectivity index (χ1v) is 17.3. The highest BCUT2D eigenvalue weighted by molar-refractivity contribution is 9.10. The zero-order valence-corrected chi connectivity index (χ0v) is 22.4. The molecule has 0 bridgehead atoms. The van der Waals surface area contributed by atoms with Crippen molar-refractivity contribution in [1.82, 2.24) is 9.97 Å². The fraction of sp³-hybridized carbons (Fsp3) is 0.238. The topological polar surface area (TPSA) is 54.9 Å². The zero-order chi connectivity index (χ0) is 22.1. The monoisotopic (exact) mass is 537 g/mol. The molecule has 0 fully saturated rings. The van der Waals surface area contributed by atoms with Crippen molar-refractivity contribution < 1.29 is 4.57 Å². The second-order valence-electron chi connectivity index (χ2n) is 8.21. The van der Waals surface area contributed by atoms with Crippen molar-refractivity contribution in [2.24, 2.45) is 0 Å². The Kier molecular flexibility index (Phi) is 6.96. The molecule has 0 spiro atoms. The molecule has 0 amide bonds. The number of benzene rings is 1. The first-order chi connectivity index (χ1) is 13.9. The van der Waals surface area contributed by atoms with Crippen molar-refractivity contribution in [2.75, 3.05) is 18.6 Å². The standard InChI is InChI=1S/C21H22BrClN3OPSSi/c1-28(2,27)18-12-14(19-9-7-15(29-19)10-11-30(3,4)5)6-8-17(18)25-20-16(22)13-24-21(23)26-20/h6-9,12-13H,1-5H3,(H,24,25,26). The Morgan fingerprint density at radius 1 is 1.20 bits per heavy atom. The molecule has 2 heterocycles. The molecule has 0 saturated heterocycles. The van der Waals surface area contributed by atoms with Gasteiger partial charge in [-0.2, -0.15) is 4.98 Å². The molecule has 2 aromatic heterocycles. The number of anilines is 2. The number of halogens is 2. The van der Waals surface area contributed by atoms with Crippen molar-refractivity contribution in [2.45, 2.75) is 19.6 Å². The van der Waals surface area contributed by atoms with Gasteiger partial charge in [-0.1, -0.05) is 31.6 Å². The molecule has 3 rings (SSSR count). The molecule has 0 aliphatic carbocycles. The van der Waals surface area contributed by atoms with Gasteiger partial charge in [-0.15, -0.1) is 16.9 Å².